The van der Waals surface area contributed by atoms with Crippen LogP contribution in [-0.2, 0) is 0 Å². The van der Waals surface area contributed by atoms with Gasteiger partial charge < -0.3 is 4.74 Å². The molecule has 1 heterocycles. The third-order valence-electron chi connectivity index (χ3n) is 4.95. The Hall–Kier alpha value is -2.08. The van der Waals surface area contributed by atoms with Gasteiger partial charge in [0.2, 0.25) is 5.78 Å². The Bertz CT molecular complexity index is 1410. The van der Waals surface area contributed by atoms with E-state index in [1.165, 1.54) is 11.8 Å². The van der Waals surface area contributed by atoms with Crippen LogP contribution in [0.2, 0.25) is 5.02 Å². The van der Waals surface area contributed by atoms with Crippen molar-refractivity contribution in [2.45, 2.75) is 11.8 Å². The van der Waals surface area contributed by atoms with E-state index in [1.807, 2.05) is 25.1 Å². The fourth-order valence-corrected chi connectivity index (χ4v) is 5.86. The summed E-state index contributed by atoms with van der Waals surface area (Å²) in [6.45, 7) is 2.47. The lowest BCUT2D eigenvalue weighted by atomic mass is 10.1. The van der Waals surface area contributed by atoms with Crippen LogP contribution in [0.4, 0.5) is 0 Å². The maximum Gasteiger partial charge on any atom is 0.201 e. The van der Waals surface area contributed by atoms with Crippen LogP contribution in [0.5, 0.6) is 5.75 Å². The quantitative estimate of drug-likeness (QED) is 0.391. The summed E-state index contributed by atoms with van der Waals surface area (Å²) in [6, 6.07) is 12.6. The summed E-state index contributed by atoms with van der Waals surface area (Å²) in [6.07, 6.45) is 0. The lowest BCUT2D eigenvalue weighted by Gasteiger charge is -2.03. The van der Waals surface area contributed by atoms with Gasteiger partial charge in [0.05, 0.1) is 11.5 Å². The Labute approximate surface area is 177 Å². The normalized spacial score (nSPS) is 15.6. The first-order chi connectivity index (χ1) is 13.5. The molecule has 6 heteroatoms. The topological polar surface area (TPSA) is 43.4 Å². The zero-order valence-corrected chi connectivity index (χ0v) is 17.8. The predicted octanol–water partition coefficient (Wildman–Crippen LogP) is 5.42. The van der Waals surface area contributed by atoms with Crippen LogP contribution in [0.25, 0.3) is 26.5 Å². The van der Waals surface area contributed by atoms with Gasteiger partial charge in [-0.05, 0) is 48.7 Å². The van der Waals surface area contributed by atoms with Gasteiger partial charge in [0.15, 0.2) is 5.43 Å². The third kappa shape index (κ3) is 2.43. The van der Waals surface area contributed by atoms with Gasteiger partial charge in [0.1, 0.15) is 5.75 Å². The minimum Gasteiger partial charge on any atom is -0.494 e. The number of thioether (sulfide) groups is 1. The molecule has 4 aromatic carbocycles. The van der Waals surface area contributed by atoms with E-state index in [4.69, 9.17) is 16.3 Å². The van der Waals surface area contributed by atoms with Crippen molar-refractivity contribution in [2.75, 3.05) is 6.61 Å². The average molecular weight is 472 g/mol. The molecule has 0 fully saturated rings. The van der Waals surface area contributed by atoms with E-state index in [1.54, 1.807) is 24.3 Å². The number of Topliss-reactive ketones (excluding diaryl/α,β-unsaturated/α-hetero) is 1. The van der Waals surface area contributed by atoms with Gasteiger partial charge in [-0.1, -0.05) is 45.4 Å². The molecule has 0 aliphatic carbocycles. The second-order valence-corrected chi connectivity index (χ2v) is 8.81. The molecule has 138 valence electrons. The highest BCUT2D eigenvalue weighted by Crippen LogP contribution is 2.43. The number of carbonyl (C=O) groups excluding carboxylic acids is 1. The number of hydrogen-bond donors (Lipinski definition) is 0. The minimum atomic E-state index is -0.136. The molecule has 28 heavy (non-hydrogen) atoms. The first-order valence-corrected chi connectivity index (χ1v) is 10.7. The molecule has 0 amide bonds. The molecule has 0 atom stereocenters. The molecule has 0 saturated carbocycles. The highest BCUT2D eigenvalue weighted by Gasteiger charge is 2.29. The molecule has 0 aromatic heterocycles. The van der Waals surface area contributed by atoms with Gasteiger partial charge in [-0.25, -0.2) is 0 Å². The van der Waals surface area contributed by atoms with E-state index in [0.717, 1.165) is 25.5 Å². The van der Waals surface area contributed by atoms with Crippen molar-refractivity contribution in [3.8, 4) is 5.75 Å². The third-order valence-corrected chi connectivity index (χ3v) is 7.08. The number of ether oxygens (including phenoxy) is 1. The van der Waals surface area contributed by atoms with Crippen molar-refractivity contribution in [3.63, 3.8) is 0 Å². The predicted molar refractivity (Wildman–Crippen MR) is 118 cm³/mol. The Kier molecular flexibility index (Phi) is 4.16. The molecule has 1 aliphatic heterocycles. The summed E-state index contributed by atoms with van der Waals surface area (Å²) in [5.74, 6) is 0.591. The van der Waals surface area contributed by atoms with E-state index in [2.05, 4.69) is 15.9 Å². The molecule has 4 aromatic rings. The summed E-state index contributed by atoms with van der Waals surface area (Å²) < 4.78 is 6.37. The highest BCUT2D eigenvalue weighted by molar-refractivity contribution is 9.10. The van der Waals surface area contributed by atoms with E-state index in [9.17, 15) is 9.59 Å². The number of carbonyl (C=O) groups is 1. The summed E-state index contributed by atoms with van der Waals surface area (Å²) in [7, 11) is 0. The average Bonchev–Trinajstić information content (AvgIpc) is 3.14. The van der Waals surface area contributed by atoms with Crippen LogP contribution < -0.4 is 15.4 Å². The van der Waals surface area contributed by atoms with E-state index in [-0.39, 0.29) is 11.2 Å². The number of halogens is 2. The monoisotopic (exact) mass is 470 g/mol. The Balaban J connectivity index is 1.86. The standard InChI is InChI=1S/C22H12BrClO3S/c1-2-27-10-3-4-11-16(9-10)28-22(21(11)26)18-12-5-7-14(23)19-15(24)8-6-13(17(12)19)20(18)25/h3-9H,2H2,1H3/b22-18+. The molecule has 0 unspecified atom stereocenters. The van der Waals surface area contributed by atoms with Crippen molar-refractivity contribution in [3.05, 3.63) is 73.0 Å². The summed E-state index contributed by atoms with van der Waals surface area (Å²) in [4.78, 5) is 27.6. The van der Waals surface area contributed by atoms with Crippen LogP contribution in [0.3, 0.4) is 0 Å². The van der Waals surface area contributed by atoms with Crippen molar-refractivity contribution in [2.24, 2.45) is 0 Å². The SMILES string of the molecule is CCOc1ccc2c(c1)S/C(=c1/c(=O)c3ccc(Cl)c4c(Br)ccc1c43)C2=O. The van der Waals surface area contributed by atoms with Crippen molar-refractivity contribution < 1.29 is 9.53 Å². The van der Waals surface area contributed by atoms with Gasteiger partial charge in [0.25, 0.3) is 0 Å². The van der Waals surface area contributed by atoms with Crippen LogP contribution >= 0.6 is 39.3 Å². The Morgan fingerprint density at radius 3 is 2.61 bits per heavy atom. The Morgan fingerprint density at radius 2 is 1.82 bits per heavy atom. The highest BCUT2D eigenvalue weighted by atomic mass is 79.9. The zero-order chi connectivity index (χ0) is 19.6. The zero-order valence-electron chi connectivity index (χ0n) is 14.6. The van der Waals surface area contributed by atoms with Crippen LogP contribution in [0.15, 0.2) is 56.6 Å². The second-order valence-electron chi connectivity index (χ2n) is 6.50. The first-order valence-electron chi connectivity index (χ1n) is 8.70. The molecular formula is C22H12BrClO3S. The van der Waals surface area contributed by atoms with Crippen molar-refractivity contribution >= 4 is 71.5 Å². The molecule has 0 bridgehead atoms. The van der Waals surface area contributed by atoms with Gasteiger partial charge >= 0.3 is 0 Å². The summed E-state index contributed by atoms with van der Waals surface area (Å²) in [5, 5.41) is 3.97. The van der Waals surface area contributed by atoms with Gasteiger partial charge in [-0.3, -0.25) is 9.59 Å². The van der Waals surface area contributed by atoms with Crippen LogP contribution in [-0.4, -0.2) is 12.4 Å². The number of benzene rings is 3. The molecule has 5 rings (SSSR count). The molecule has 3 nitrogen and oxygen atoms in total. The van der Waals surface area contributed by atoms with E-state index < -0.39 is 0 Å². The largest absolute Gasteiger partial charge is 0.494 e. The number of rotatable bonds is 2. The Morgan fingerprint density at radius 1 is 1.04 bits per heavy atom. The minimum absolute atomic E-state index is 0.124. The lowest BCUT2D eigenvalue weighted by molar-refractivity contribution is 0.105. The maximum absolute atomic E-state index is 13.2. The van der Waals surface area contributed by atoms with Crippen LogP contribution in [0.1, 0.15) is 17.3 Å². The molecule has 1 aliphatic rings. The molecule has 0 N–H and O–H groups in total. The smallest absolute Gasteiger partial charge is 0.201 e. The van der Waals surface area contributed by atoms with Crippen LogP contribution in [0, 0.1) is 0 Å². The number of fused-ring (bicyclic) bond motifs is 1. The molecule has 0 spiro atoms. The fourth-order valence-electron chi connectivity index (χ4n) is 3.77. The molecule has 0 radical (unpaired) electrons. The van der Waals surface area contributed by atoms with E-state index >= 15 is 0 Å². The molecular weight excluding hydrogens is 460 g/mol. The van der Waals surface area contributed by atoms with Gasteiger partial charge in [0, 0.05) is 41.3 Å². The number of ketones is 1. The van der Waals surface area contributed by atoms with Crippen molar-refractivity contribution in [1.29, 1.82) is 0 Å². The van der Waals surface area contributed by atoms with Gasteiger partial charge in [-0.2, -0.15) is 0 Å². The second kappa shape index (κ2) is 6.48. The number of hydrogen-bond acceptors (Lipinski definition) is 4. The maximum atomic E-state index is 13.2. The lowest BCUT2D eigenvalue weighted by Crippen LogP contribution is -2.23. The summed E-state index contributed by atoms with van der Waals surface area (Å²) in [5.41, 5.74) is 0.467. The summed E-state index contributed by atoms with van der Waals surface area (Å²) >= 11 is 11.3. The van der Waals surface area contributed by atoms with E-state index in [0.29, 0.717) is 38.5 Å². The first kappa shape index (κ1) is 18.0. The fraction of sp³-hybridized carbons (Fsp3) is 0.0909. The van der Waals surface area contributed by atoms with Gasteiger partial charge in [-0.15, -0.1) is 0 Å². The molecule has 0 saturated heterocycles. The van der Waals surface area contributed by atoms with Crippen molar-refractivity contribution in [1.82, 2.24) is 0 Å².